The highest BCUT2D eigenvalue weighted by Crippen LogP contribution is 2.34. The van der Waals surface area contributed by atoms with Crippen LogP contribution in [0.2, 0.25) is 0 Å². The summed E-state index contributed by atoms with van der Waals surface area (Å²) < 4.78 is 62.3. The van der Waals surface area contributed by atoms with Crippen molar-refractivity contribution < 1.29 is 21.6 Å². The van der Waals surface area contributed by atoms with E-state index in [4.69, 9.17) is 0 Å². The van der Waals surface area contributed by atoms with E-state index in [9.17, 15) is 21.6 Å². The molecule has 21 heavy (non-hydrogen) atoms. The van der Waals surface area contributed by atoms with Crippen molar-refractivity contribution in [1.82, 2.24) is 4.49 Å². The molecular weight excluding hydrogens is 322 g/mol. The molecule has 0 bridgehead atoms. The number of halogens is 3. The Bertz CT molecular complexity index is 651. The fourth-order valence-electron chi connectivity index (χ4n) is 1.58. The number of sulfonamides is 1. The molecule has 0 radical (unpaired) electrons. The fraction of sp³-hybridized carbons (Fsp3) is 0.0769. The van der Waals surface area contributed by atoms with E-state index in [2.05, 4.69) is 0 Å². The normalized spacial score (nSPS) is 12.6. The van der Waals surface area contributed by atoms with Gasteiger partial charge in [-0.3, -0.25) is 0 Å². The molecule has 0 aliphatic carbocycles. The molecule has 0 aliphatic heterocycles. The molecule has 3 nitrogen and oxygen atoms in total. The molecule has 0 atom stereocenters. The molecule has 0 aliphatic rings. The minimum absolute atomic E-state index is 0.492. The van der Waals surface area contributed by atoms with Crippen LogP contribution in [0.5, 0.6) is 0 Å². The average Bonchev–Trinajstić information content (AvgIpc) is 2.45. The molecular formula is C13H11F3NO2PS. The molecule has 0 fully saturated rings. The first-order valence-corrected chi connectivity index (χ1v) is 8.63. The fourth-order valence-corrected chi connectivity index (χ4v) is 5.04. The number of benzene rings is 2. The van der Waals surface area contributed by atoms with Gasteiger partial charge in [0.2, 0.25) is 0 Å². The van der Waals surface area contributed by atoms with Crippen molar-refractivity contribution in [1.29, 1.82) is 0 Å². The molecule has 2 aromatic carbocycles. The van der Waals surface area contributed by atoms with Crippen LogP contribution in [0, 0.1) is 0 Å². The van der Waals surface area contributed by atoms with Gasteiger partial charge in [-0.2, -0.15) is 17.7 Å². The van der Waals surface area contributed by atoms with Gasteiger partial charge in [-0.1, -0.05) is 60.7 Å². The van der Waals surface area contributed by atoms with Crippen LogP contribution in [0.3, 0.4) is 0 Å². The minimum Gasteiger partial charge on any atom is -0.203 e. The molecule has 0 spiro atoms. The maximum Gasteiger partial charge on any atom is 0.511 e. The highest BCUT2D eigenvalue weighted by atomic mass is 32.2. The Balaban J connectivity index is 2.44. The summed E-state index contributed by atoms with van der Waals surface area (Å²) in [6, 6.07) is 16.4. The van der Waals surface area contributed by atoms with Gasteiger partial charge >= 0.3 is 15.5 Å². The number of nitrogens with one attached hydrogen (secondary N) is 1. The van der Waals surface area contributed by atoms with Crippen molar-refractivity contribution >= 4 is 28.7 Å². The molecule has 0 saturated heterocycles. The molecule has 0 unspecified atom stereocenters. The van der Waals surface area contributed by atoms with Crippen LogP contribution < -0.4 is 15.1 Å². The Kier molecular flexibility index (Phi) is 4.66. The van der Waals surface area contributed by atoms with Crippen LogP contribution in [-0.2, 0) is 10.0 Å². The van der Waals surface area contributed by atoms with Crippen molar-refractivity contribution in [3.63, 3.8) is 0 Å². The second-order valence-electron chi connectivity index (χ2n) is 4.05. The summed E-state index contributed by atoms with van der Waals surface area (Å²) in [5.41, 5.74) is -5.34. The Labute approximate surface area is 121 Å². The molecule has 0 amide bonds. The second kappa shape index (κ2) is 6.13. The van der Waals surface area contributed by atoms with E-state index >= 15 is 0 Å². The number of alkyl halides is 3. The van der Waals surface area contributed by atoms with Gasteiger partial charge in [-0.25, -0.2) is 8.42 Å². The number of rotatable bonds is 4. The van der Waals surface area contributed by atoms with Crippen LogP contribution >= 0.6 is 8.07 Å². The predicted octanol–water partition coefficient (Wildman–Crippen LogP) is 2.47. The summed E-state index contributed by atoms with van der Waals surface area (Å²) in [7, 11) is -7.28. The van der Waals surface area contributed by atoms with Crippen LogP contribution in [0.1, 0.15) is 0 Å². The maximum atomic E-state index is 12.6. The summed E-state index contributed by atoms with van der Waals surface area (Å²) >= 11 is 0. The summed E-state index contributed by atoms with van der Waals surface area (Å²) in [4.78, 5) is 0. The van der Waals surface area contributed by atoms with E-state index in [0.717, 1.165) is 0 Å². The van der Waals surface area contributed by atoms with Gasteiger partial charge in [0.1, 0.15) is 0 Å². The minimum atomic E-state index is -5.41. The Morgan fingerprint density at radius 2 is 1.19 bits per heavy atom. The molecule has 0 heterocycles. The van der Waals surface area contributed by atoms with E-state index in [1.807, 2.05) is 0 Å². The highest BCUT2D eigenvalue weighted by molar-refractivity contribution is 7.98. The average molecular weight is 333 g/mol. The third-order valence-corrected chi connectivity index (χ3v) is 6.48. The molecule has 8 heteroatoms. The van der Waals surface area contributed by atoms with Crippen LogP contribution in [0.4, 0.5) is 13.2 Å². The Morgan fingerprint density at radius 3 is 1.52 bits per heavy atom. The van der Waals surface area contributed by atoms with E-state index in [0.29, 0.717) is 10.6 Å². The second-order valence-corrected chi connectivity index (χ2v) is 7.95. The molecule has 112 valence electrons. The van der Waals surface area contributed by atoms with Crippen molar-refractivity contribution in [3.8, 4) is 0 Å². The van der Waals surface area contributed by atoms with Crippen molar-refractivity contribution in [2.45, 2.75) is 5.51 Å². The molecule has 0 aromatic heterocycles. The van der Waals surface area contributed by atoms with E-state index < -0.39 is 23.6 Å². The summed E-state index contributed by atoms with van der Waals surface area (Å²) in [5.74, 6) is 0. The van der Waals surface area contributed by atoms with Gasteiger partial charge in [-0.15, -0.1) is 0 Å². The van der Waals surface area contributed by atoms with Crippen molar-refractivity contribution in [3.05, 3.63) is 60.7 Å². The van der Waals surface area contributed by atoms with Crippen molar-refractivity contribution in [2.75, 3.05) is 0 Å². The van der Waals surface area contributed by atoms with Gasteiger partial charge in [0.05, 0.1) is 0 Å². The van der Waals surface area contributed by atoms with E-state index in [-0.39, 0.29) is 0 Å². The molecule has 2 rings (SSSR count). The third-order valence-electron chi connectivity index (χ3n) is 2.54. The zero-order valence-electron chi connectivity index (χ0n) is 10.6. The molecule has 0 saturated carbocycles. The Hall–Kier alpha value is -1.43. The summed E-state index contributed by atoms with van der Waals surface area (Å²) in [6.45, 7) is 0. The topological polar surface area (TPSA) is 46.2 Å². The molecule has 2 aromatic rings. The number of hydrogen-bond acceptors (Lipinski definition) is 2. The van der Waals surface area contributed by atoms with Gasteiger partial charge < -0.3 is 0 Å². The van der Waals surface area contributed by atoms with Gasteiger partial charge in [0.15, 0.2) is 0 Å². The third kappa shape index (κ3) is 3.81. The lowest BCUT2D eigenvalue weighted by atomic mass is 10.4. The van der Waals surface area contributed by atoms with E-state index in [1.54, 1.807) is 65.2 Å². The summed E-state index contributed by atoms with van der Waals surface area (Å²) in [5, 5.41) is 0.984. The van der Waals surface area contributed by atoms with E-state index in [1.165, 1.54) is 0 Å². The largest absolute Gasteiger partial charge is 0.511 e. The zero-order chi connectivity index (χ0) is 15.5. The molecule has 1 N–H and O–H groups in total. The monoisotopic (exact) mass is 333 g/mol. The van der Waals surface area contributed by atoms with Crippen LogP contribution in [0.25, 0.3) is 0 Å². The van der Waals surface area contributed by atoms with Gasteiger partial charge in [0, 0.05) is 8.07 Å². The first-order chi connectivity index (χ1) is 9.81. The first kappa shape index (κ1) is 15.9. The SMILES string of the molecule is O=S(=O)(NP(c1ccccc1)c1ccccc1)C(F)(F)F. The lowest BCUT2D eigenvalue weighted by Crippen LogP contribution is -2.37. The van der Waals surface area contributed by atoms with Crippen LogP contribution in [-0.4, -0.2) is 13.9 Å². The lowest BCUT2D eigenvalue weighted by molar-refractivity contribution is -0.0440. The zero-order valence-corrected chi connectivity index (χ0v) is 12.3. The first-order valence-electron chi connectivity index (χ1n) is 5.80. The quantitative estimate of drug-likeness (QED) is 0.874. The van der Waals surface area contributed by atoms with Crippen LogP contribution in [0.15, 0.2) is 60.7 Å². The highest BCUT2D eigenvalue weighted by Gasteiger charge is 2.47. The predicted molar refractivity (Wildman–Crippen MR) is 77.2 cm³/mol. The Morgan fingerprint density at radius 1 is 0.810 bits per heavy atom. The summed E-state index contributed by atoms with van der Waals surface area (Å²) in [6.07, 6.45) is 0. The lowest BCUT2D eigenvalue weighted by Gasteiger charge is -2.20. The number of hydrogen-bond donors (Lipinski definition) is 1. The standard InChI is InChI=1S/C13H11F3NO2PS/c14-13(15,16)21(18,19)17-20(11-7-3-1-4-8-11)12-9-5-2-6-10-12/h1-10,17H. The van der Waals surface area contributed by atoms with Gasteiger partial charge in [0.25, 0.3) is 0 Å². The van der Waals surface area contributed by atoms with Gasteiger partial charge in [-0.05, 0) is 10.6 Å². The maximum absolute atomic E-state index is 12.6. The smallest absolute Gasteiger partial charge is 0.203 e. The van der Waals surface area contributed by atoms with Crippen molar-refractivity contribution in [2.24, 2.45) is 0 Å².